The summed E-state index contributed by atoms with van der Waals surface area (Å²) in [6.07, 6.45) is 1.51. The largest absolute Gasteiger partial charge is 0.466 e. The maximum atomic E-state index is 5.91. The zero-order valence-corrected chi connectivity index (χ0v) is 13.0. The average molecular weight is 316 g/mol. The molecule has 1 heterocycles. The second-order valence-electron chi connectivity index (χ2n) is 4.21. The molecule has 3 rings (SSSR count). The second-order valence-corrected chi connectivity index (χ2v) is 6.97. The highest BCUT2D eigenvalue weighted by Crippen LogP contribution is 2.39. The van der Waals surface area contributed by atoms with E-state index in [-0.39, 0.29) is 6.23 Å². The van der Waals surface area contributed by atoms with E-state index in [1.54, 1.807) is 6.08 Å². The number of hydrogen-bond acceptors (Lipinski definition) is 3. The molecule has 0 saturated heterocycles. The normalized spacial score (nSPS) is 13.0. The van der Waals surface area contributed by atoms with Gasteiger partial charge in [0.1, 0.15) is 11.5 Å². The van der Waals surface area contributed by atoms with Crippen LogP contribution in [0, 0.1) is 0 Å². The SMILES string of the molecule is C=CC(Oc1ccccc1)n1pnp1Oc1ccccc1. The van der Waals surface area contributed by atoms with E-state index in [4.69, 9.17) is 9.26 Å². The fraction of sp³-hybridized carbons (Fsp3) is 0.0667. The first-order valence-corrected chi connectivity index (χ1v) is 8.41. The van der Waals surface area contributed by atoms with Gasteiger partial charge in [-0.2, -0.15) is 0 Å². The van der Waals surface area contributed by atoms with Gasteiger partial charge in [-0.3, -0.25) is 0 Å². The van der Waals surface area contributed by atoms with Crippen LogP contribution in [0.5, 0.6) is 11.5 Å². The van der Waals surface area contributed by atoms with Crippen molar-refractivity contribution in [3.8, 4) is 11.5 Å². The highest BCUT2D eigenvalue weighted by Gasteiger charge is 2.18. The summed E-state index contributed by atoms with van der Waals surface area (Å²) >= 11 is 0. The number of benzene rings is 2. The van der Waals surface area contributed by atoms with Gasteiger partial charge in [-0.05, 0) is 30.3 Å². The molecule has 0 radical (unpaired) electrons. The van der Waals surface area contributed by atoms with Crippen molar-refractivity contribution in [1.29, 1.82) is 0 Å². The van der Waals surface area contributed by atoms with Crippen molar-refractivity contribution in [2.45, 2.75) is 6.23 Å². The van der Waals surface area contributed by atoms with E-state index in [0.29, 0.717) is 0 Å². The van der Waals surface area contributed by atoms with E-state index in [2.05, 4.69) is 11.1 Å². The lowest BCUT2D eigenvalue weighted by atomic mass is 10.3. The molecule has 0 bridgehead atoms. The summed E-state index contributed by atoms with van der Waals surface area (Å²) in [4.78, 5) is 0. The molecule has 2 aromatic carbocycles. The quantitative estimate of drug-likeness (QED) is 0.597. The van der Waals surface area contributed by atoms with Gasteiger partial charge < -0.3 is 9.26 Å². The van der Waals surface area contributed by atoms with Crippen molar-refractivity contribution in [2.75, 3.05) is 0 Å². The molecule has 21 heavy (non-hydrogen) atoms. The third-order valence-electron chi connectivity index (χ3n) is 2.74. The molecule has 0 aliphatic heterocycles. The summed E-state index contributed by atoms with van der Waals surface area (Å²) in [6, 6.07) is 19.4. The summed E-state index contributed by atoms with van der Waals surface area (Å²) in [5.41, 5.74) is 0. The Morgan fingerprint density at radius 3 is 2.19 bits per heavy atom. The lowest BCUT2D eigenvalue weighted by Crippen LogP contribution is -2.13. The minimum absolute atomic E-state index is 0.249. The van der Waals surface area contributed by atoms with Crippen LogP contribution in [0.4, 0.5) is 0 Å². The molecule has 0 spiro atoms. The molecule has 0 fully saturated rings. The third kappa shape index (κ3) is 3.36. The van der Waals surface area contributed by atoms with Gasteiger partial charge in [0.05, 0.1) is 0 Å². The number of aromatic nitrogens is 2. The highest BCUT2D eigenvalue weighted by atomic mass is 31.2. The van der Waals surface area contributed by atoms with E-state index >= 15 is 0 Å². The fourth-order valence-corrected chi connectivity index (χ4v) is 3.91. The molecule has 2 unspecified atom stereocenters. The van der Waals surface area contributed by atoms with E-state index in [1.165, 1.54) is 0 Å². The molecule has 3 aromatic rings. The van der Waals surface area contributed by atoms with E-state index < -0.39 is 8.08 Å². The Labute approximate surface area is 126 Å². The Bertz CT molecular complexity index is 695. The Morgan fingerprint density at radius 2 is 1.67 bits per heavy atom. The third-order valence-corrected chi connectivity index (χ3v) is 5.74. The molecule has 0 saturated carbocycles. The van der Waals surface area contributed by atoms with Gasteiger partial charge in [0.2, 0.25) is 6.23 Å². The van der Waals surface area contributed by atoms with Crippen LogP contribution >= 0.6 is 16.6 Å². The summed E-state index contributed by atoms with van der Waals surface area (Å²) in [7, 11) is -0.179. The van der Waals surface area contributed by atoms with Gasteiger partial charge >= 0.3 is 0 Å². The molecule has 6 heteroatoms. The molecular weight excluding hydrogens is 302 g/mol. The van der Waals surface area contributed by atoms with Gasteiger partial charge in [0.15, 0.2) is 8.51 Å². The standard InChI is InChI=1S/C15H14N2O2P2/c1-2-15(18-13-9-5-3-6-10-13)17-20-16-21(17)19-14-11-7-4-8-12-14/h2-12,15H,1H2. The Morgan fingerprint density at radius 1 is 1.05 bits per heavy atom. The summed E-state index contributed by atoms with van der Waals surface area (Å²) in [5.74, 6) is 1.62. The van der Waals surface area contributed by atoms with Crippen molar-refractivity contribution in [1.82, 2.24) is 8.60 Å². The van der Waals surface area contributed by atoms with E-state index in [0.717, 1.165) is 20.0 Å². The first kappa shape index (κ1) is 13.9. The van der Waals surface area contributed by atoms with Crippen molar-refractivity contribution in [3.05, 3.63) is 73.3 Å². The van der Waals surface area contributed by atoms with Crippen LogP contribution < -0.4 is 9.26 Å². The lowest BCUT2D eigenvalue weighted by Gasteiger charge is -2.22. The van der Waals surface area contributed by atoms with Crippen LogP contribution in [0.1, 0.15) is 6.23 Å². The topological polar surface area (TPSA) is 36.3 Å². The molecular formula is C15H14N2O2P2. The Kier molecular flexibility index (Phi) is 4.40. The zero-order valence-electron chi connectivity index (χ0n) is 11.2. The first-order chi connectivity index (χ1) is 10.4. The highest BCUT2D eigenvalue weighted by molar-refractivity contribution is 7.53. The molecule has 2 atom stereocenters. The number of nitrogens with zero attached hydrogens (tertiary/aromatic N) is 2. The molecule has 1 aromatic heterocycles. The monoisotopic (exact) mass is 316 g/mol. The van der Waals surface area contributed by atoms with Crippen LogP contribution in [0.25, 0.3) is 0 Å². The van der Waals surface area contributed by atoms with Crippen LogP contribution in [0.2, 0.25) is 0 Å². The van der Waals surface area contributed by atoms with Gasteiger partial charge in [-0.15, -0.1) is 4.51 Å². The summed E-state index contributed by atoms with van der Waals surface area (Å²) in [5, 5.41) is 0. The number of para-hydroxylation sites is 2. The lowest BCUT2D eigenvalue weighted by molar-refractivity contribution is 0.201. The summed E-state index contributed by atoms with van der Waals surface area (Å²) in [6.45, 7) is 3.84. The maximum absolute atomic E-state index is 5.91. The smallest absolute Gasteiger partial charge is 0.270 e. The number of ether oxygens (including phenoxy) is 1. The molecule has 0 amide bonds. The van der Waals surface area contributed by atoms with Crippen molar-refractivity contribution in [3.63, 3.8) is 0 Å². The van der Waals surface area contributed by atoms with Crippen LogP contribution in [-0.2, 0) is 0 Å². The molecule has 0 aliphatic carbocycles. The van der Waals surface area contributed by atoms with Gasteiger partial charge in [-0.1, -0.05) is 43.0 Å². The van der Waals surface area contributed by atoms with Crippen molar-refractivity contribution >= 4 is 16.6 Å². The van der Waals surface area contributed by atoms with Crippen LogP contribution in [-0.4, -0.2) is 8.60 Å². The predicted molar refractivity (Wildman–Crippen MR) is 86.2 cm³/mol. The van der Waals surface area contributed by atoms with E-state index in [9.17, 15) is 0 Å². The minimum atomic E-state index is -1.03. The van der Waals surface area contributed by atoms with Gasteiger partial charge in [0.25, 0.3) is 8.08 Å². The number of rotatable bonds is 6. The first-order valence-electron chi connectivity index (χ1n) is 6.45. The molecule has 4 nitrogen and oxygen atoms in total. The second kappa shape index (κ2) is 6.62. The molecule has 0 N–H and O–H groups in total. The van der Waals surface area contributed by atoms with Gasteiger partial charge in [-0.25, -0.2) is 4.09 Å². The number of hydrogen-bond donors (Lipinski definition) is 0. The van der Waals surface area contributed by atoms with Crippen molar-refractivity contribution in [2.24, 2.45) is 0 Å². The summed E-state index contributed by atoms with van der Waals surface area (Å²) < 4.78 is 18.2. The molecule has 106 valence electrons. The fourth-order valence-electron chi connectivity index (χ4n) is 1.73. The maximum Gasteiger partial charge on any atom is 0.270 e. The average Bonchev–Trinajstić information content (AvgIpc) is 2.53. The minimum Gasteiger partial charge on any atom is -0.466 e. The Balaban J connectivity index is 1.73. The predicted octanol–water partition coefficient (Wildman–Crippen LogP) is 5.06. The molecule has 0 aliphatic rings. The van der Waals surface area contributed by atoms with Crippen molar-refractivity contribution < 1.29 is 9.26 Å². The van der Waals surface area contributed by atoms with E-state index in [1.807, 2.05) is 64.8 Å². The Hall–Kier alpha value is -2.02. The zero-order chi connectivity index (χ0) is 14.5. The van der Waals surface area contributed by atoms with Crippen LogP contribution in [0.15, 0.2) is 73.3 Å². The van der Waals surface area contributed by atoms with Gasteiger partial charge in [0, 0.05) is 0 Å². The van der Waals surface area contributed by atoms with Crippen LogP contribution in [0.3, 0.4) is 0 Å².